The van der Waals surface area contributed by atoms with E-state index in [-0.39, 0.29) is 5.91 Å². The largest absolute Gasteiger partial charge is 0.399 e. The molecular weight excluding hydrogens is 288 g/mol. The van der Waals surface area contributed by atoms with E-state index in [1.165, 1.54) is 6.92 Å². The van der Waals surface area contributed by atoms with Crippen molar-refractivity contribution in [3.63, 3.8) is 0 Å². The second-order valence-corrected chi connectivity index (χ2v) is 5.18. The smallest absolute Gasteiger partial charge is 0.221 e. The fraction of sp³-hybridized carbons (Fsp3) is 0.0556. The minimum atomic E-state index is -0.109. The van der Waals surface area contributed by atoms with E-state index in [4.69, 9.17) is 5.73 Å². The summed E-state index contributed by atoms with van der Waals surface area (Å²) < 4.78 is 0. The van der Waals surface area contributed by atoms with Crippen molar-refractivity contribution >= 4 is 17.3 Å². The number of amides is 1. The van der Waals surface area contributed by atoms with E-state index in [1.54, 1.807) is 12.4 Å². The highest BCUT2D eigenvalue weighted by Gasteiger charge is 2.06. The first-order valence-electron chi connectivity index (χ1n) is 7.18. The van der Waals surface area contributed by atoms with Gasteiger partial charge in [0, 0.05) is 29.4 Å². The summed E-state index contributed by atoms with van der Waals surface area (Å²) in [4.78, 5) is 20.1. The van der Waals surface area contributed by atoms with Gasteiger partial charge in [-0.05, 0) is 24.3 Å². The van der Waals surface area contributed by atoms with Crippen LogP contribution in [-0.4, -0.2) is 15.9 Å². The number of hydrogen-bond donors (Lipinski definition) is 2. The molecule has 1 heterocycles. The molecule has 2 aromatic carbocycles. The molecule has 0 radical (unpaired) electrons. The Morgan fingerprint density at radius 3 is 2.30 bits per heavy atom. The monoisotopic (exact) mass is 304 g/mol. The first-order valence-corrected chi connectivity index (χ1v) is 7.18. The van der Waals surface area contributed by atoms with E-state index in [1.807, 2.05) is 48.5 Å². The van der Waals surface area contributed by atoms with Crippen molar-refractivity contribution in [3.05, 3.63) is 60.9 Å². The Balaban J connectivity index is 1.98. The lowest BCUT2D eigenvalue weighted by Crippen LogP contribution is -2.05. The van der Waals surface area contributed by atoms with E-state index >= 15 is 0 Å². The zero-order valence-corrected chi connectivity index (χ0v) is 12.7. The Morgan fingerprint density at radius 1 is 1.00 bits per heavy atom. The molecule has 0 bridgehead atoms. The molecule has 23 heavy (non-hydrogen) atoms. The van der Waals surface area contributed by atoms with Crippen LogP contribution < -0.4 is 11.1 Å². The highest BCUT2D eigenvalue weighted by molar-refractivity contribution is 5.89. The maximum absolute atomic E-state index is 11.2. The molecule has 3 N–H and O–H groups in total. The van der Waals surface area contributed by atoms with Gasteiger partial charge in [0.05, 0.1) is 23.8 Å². The van der Waals surface area contributed by atoms with Crippen LogP contribution in [0, 0.1) is 0 Å². The molecule has 0 aliphatic carbocycles. The van der Waals surface area contributed by atoms with Gasteiger partial charge in [-0.15, -0.1) is 0 Å². The first kappa shape index (κ1) is 14.7. The topological polar surface area (TPSA) is 80.9 Å². The first-order chi connectivity index (χ1) is 11.1. The van der Waals surface area contributed by atoms with Gasteiger partial charge in [-0.3, -0.25) is 9.78 Å². The minimum Gasteiger partial charge on any atom is -0.399 e. The number of nitrogen functional groups attached to an aromatic ring is 1. The van der Waals surface area contributed by atoms with Crippen molar-refractivity contribution in [3.8, 4) is 22.5 Å². The molecule has 0 saturated heterocycles. The zero-order chi connectivity index (χ0) is 16.2. The Morgan fingerprint density at radius 2 is 1.65 bits per heavy atom. The molecular formula is C18H16N4O. The lowest BCUT2D eigenvalue weighted by molar-refractivity contribution is -0.114. The van der Waals surface area contributed by atoms with Crippen molar-refractivity contribution < 1.29 is 4.79 Å². The SMILES string of the molecule is CC(=O)Nc1cccc(-c2cncc(-c3cccc(N)c3)n2)c1. The minimum absolute atomic E-state index is 0.109. The van der Waals surface area contributed by atoms with Crippen LogP contribution in [0.3, 0.4) is 0 Å². The number of carbonyl (C=O) groups excluding carboxylic acids is 1. The molecule has 0 spiro atoms. The lowest BCUT2D eigenvalue weighted by Gasteiger charge is -2.07. The Bertz CT molecular complexity index is 861. The Hall–Kier alpha value is -3.21. The van der Waals surface area contributed by atoms with E-state index in [9.17, 15) is 4.79 Å². The Kier molecular flexibility index (Phi) is 4.01. The van der Waals surface area contributed by atoms with Gasteiger partial charge in [-0.1, -0.05) is 24.3 Å². The van der Waals surface area contributed by atoms with Gasteiger partial charge in [0.2, 0.25) is 5.91 Å². The molecule has 3 aromatic rings. The van der Waals surface area contributed by atoms with E-state index in [0.717, 1.165) is 28.2 Å². The van der Waals surface area contributed by atoms with Gasteiger partial charge in [0.25, 0.3) is 0 Å². The van der Waals surface area contributed by atoms with Crippen LogP contribution in [-0.2, 0) is 4.79 Å². The van der Waals surface area contributed by atoms with E-state index in [0.29, 0.717) is 5.69 Å². The second-order valence-electron chi connectivity index (χ2n) is 5.18. The molecule has 0 saturated carbocycles. The van der Waals surface area contributed by atoms with Gasteiger partial charge >= 0.3 is 0 Å². The summed E-state index contributed by atoms with van der Waals surface area (Å²) in [6.07, 6.45) is 3.40. The maximum Gasteiger partial charge on any atom is 0.221 e. The van der Waals surface area contributed by atoms with Crippen LogP contribution in [0.15, 0.2) is 60.9 Å². The van der Waals surface area contributed by atoms with Crippen LogP contribution in [0.25, 0.3) is 22.5 Å². The van der Waals surface area contributed by atoms with E-state index in [2.05, 4.69) is 15.3 Å². The van der Waals surface area contributed by atoms with Crippen molar-refractivity contribution in [2.24, 2.45) is 0 Å². The number of anilines is 2. The second kappa shape index (κ2) is 6.27. The van der Waals surface area contributed by atoms with Gasteiger partial charge in [0.15, 0.2) is 0 Å². The Labute approximate surface area is 134 Å². The third-order valence-corrected chi connectivity index (χ3v) is 3.30. The predicted molar refractivity (Wildman–Crippen MR) is 91.6 cm³/mol. The van der Waals surface area contributed by atoms with Crippen LogP contribution in [0.2, 0.25) is 0 Å². The normalized spacial score (nSPS) is 10.3. The average Bonchev–Trinajstić information content (AvgIpc) is 2.55. The third-order valence-electron chi connectivity index (χ3n) is 3.30. The van der Waals surface area contributed by atoms with Gasteiger partial charge < -0.3 is 11.1 Å². The number of nitrogens with two attached hydrogens (primary N) is 1. The number of aromatic nitrogens is 2. The van der Waals surface area contributed by atoms with Crippen LogP contribution in [0.5, 0.6) is 0 Å². The number of hydrogen-bond acceptors (Lipinski definition) is 4. The molecule has 0 fully saturated rings. The zero-order valence-electron chi connectivity index (χ0n) is 12.7. The molecule has 5 nitrogen and oxygen atoms in total. The van der Waals surface area contributed by atoms with Crippen molar-refractivity contribution in [2.45, 2.75) is 6.92 Å². The summed E-state index contributed by atoms with van der Waals surface area (Å²) in [6.45, 7) is 1.48. The molecule has 0 unspecified atom stereocenters. The highest BCUT2D eigenvalue weighted by atomic mass is 16.1. The van der Waals surface area contributed by atoms with Gasteiger partial charge in [-0.25, -0.2) is 4.98 Å². The summed E-state index contributed by atoms with van der Waals surface area (Å²) in [5, 5.41) is 2.77. The summed E-state index contributed by atoms with van der Waals surface area (Å²) in [6, 6.07) is 15.0. The molecule has 0 aliphatic heterocycles. The fourth-order valence-corrected chi connectivity index (χ4v) is 2.30. The predicted octanol–water partition coefficient (Wildman–Crippen LogP) is 3.35. The van der Waals surface area contributed by atoms with Crippen molar-refractivity contribution in [1.29, 1.82) is 0 Å². The van der Waals surface area contributed by atoms with Crippen molar-refractivity contribution in [2.75, 3.05) is 11.1 Å². The standard InChI is InChI=1S/C18H16N4O/c1-12(23)21-16-7-3-5-14(9-16)18-11-20-10-17(22-18)13-4-2-6-15(19)8-13/h2-11H,19H2,1H3,(H,21,23). The number of nitrogens with zero attached hydrogens (tertiary/aromatic N) is 2. The number of rotatable bonds is 3. The summed E-state index contributed by atoms with van der Waals surface area (Å²) in [7, 11) is 0. The van der Waals surface area contributed by atoms with Gasteiger partial charge in [0.1, 0.15) is 0 Å². The quantitative estimate of drug-likeness (QED) is 0.727. The summed E-state index contributed by atoms with van der Waals surface area (Å²) in [5.74, 6) is -0.109. The third kappa shape index (κ3) is 3.52. The van der Waals surface area contributed by atoms with Crippen LogP contribution in [0.4, 0.5) is 11.4 Å². The summed E-state index contributed by atoms with van der Waals surface area (Å²) in [5.41, 5.74) is 10.5. The molecule has 0 atom stereocenters. The molecule has 0 aliphatic rings. The van der Waals surface area contributed by atoms with Crippen molar-refractivity contribution in [1.82, 2.24) is 9.97 Å². The van der Waals surface area contributed by atoms with Crippen LogP contribution in [0.1, 0.15) is 6.92 Å². The molecule has 5 heteroatoms. The molecule has 1 amide bonds. The lowest BCUT2D eigenvalue weighted by atomic mass is 10.1. The molecule has 3 rings (SSSR count). The number of nitrogens with one attached hydrogen (secondary N) is 1. The number of benzene rings is 2. The number of carbonyl (C=O) groups is 1. The fourth-order valence-electron chi connectivity index (χ4n) is 2.30. The van der Waals surface area contributed by atoms with Crippen LogP contribution >= 0.6 is 0 Å². The molecule has 1 aromatic heterocycles. The highest BCUT2D eigenvalue weighted by Crippen LogP contribution is 2.24. The summed E-state index contributed by atoms with van der Waals surface area (Å²) >= 11 is 0. The molecule has 114 valence electrons. The maximum atomic E-state index is 11.2. The van der Waals surface area contributed by atoms with E-state index < -0.39 is 0 Å². The van der Waals surface area contributed by atoms with Gasteiger partial charge in [-0.2, -0.15) is 0 Å². The average molecular weight is 304 g/mol.